The second kappa shape index (κ2) is 7.35. The number of nitrogens with one attached hydrogen (secondary N) is 1. The number of para-hydroxylation sites is 1. The Morgan fingerprint density at radius 3 is 2.73 bits per heavy atom. The van der Waals surface area contributed by atoms with E-state index in [0.29, 0.717) is 29.2 Å². The molecule has 1 N–H and O–H groups in total. The van der Waals surface area contributed by atoms with E-state index in [1.54, 1.807) is 33.1 Å². The number of amides is 1. The first-order valence-corrected chi connectivity index (χ1v) is 8.10. The molecule has 1 aromatic heterocycles. The lowest BCUT2D eigenvalue weighted by molar-refractivity contribution is 0.0945. The van der Waals surface area contributed by atoms with E-state index in [-0.39, 0.29) is 17.4 Å². The highest BCUT2D eigenvalue weighted by Crippen LogP contribution is 2.19. The Morgan fingerprint density at radius 2 is 1.96 bits per heavy atom. The Labute approximate surface area is 150 Å². The van der Waals surface area contributed by atoms with E-state index < -0.39 is 0 Å². The summed E-state index contributed by atoms with van der Waals surface area (Å²) in [6.45, 7) is 3.68. The lowest BCUT2D eigenvalue weighted by atomic mass is 10.2. The van der Waals surface area contributed by atoms with E-state index in [1.165, 1.54) is 10.7 Å². The molecule has 0 aliphatic heterocycles. The summed E-state index contributed by atoms with van der Waals surface area (Å²) in [6.07, 6.45) is 0. The van der Waals surface area contributed by atoms with Crippen LogP contribution in [0.5, 0.6) is 5.75 Å². The summed E-state index contributed by atoms with van der Waals surface area (Å²) in [6, 6.07) is 12.1. The summed E-state index contributed by atoms with van der Waals surface area (Å²) < 4.78 is 20.5. The topological polar surface area (TPSA) is 69.0 Å². The average Bonchev–Trinajstić information content (AvgIpc) is 3.03. The number of hydrogen-bond acceptors (Lipinski definition) is 4. The van der Waals surface area contributed by atoms with Gasteiger partial charge in [0.15, 0.2) is 5.69 Å². The molecular weight excluding hydrogens is 335 g/mol. The summed E-state index contributed by atoms with van der Waals surface area (Å²) >= 11 is 0. The molecule has 2 aromatic carbocycles. The number of rotatable bonds is 5. The van der Waals surface area contributed by atoms with Gasteiger partial charge < -0.3 is 10.1 Å². The fourth-order valence-corrected chi connectivity index (χ4v) is 2.70. The standard InChI is InChI=1S/C19H19FN4O2/c1-12-15(20)8-6-9-16(12)24-13(2)18(22-23-24)19(25)21-11-14-7-4-5-10-17(14)26-3/h4-10H,11H2,1-3H3,(H,21,25). The van der Waals surface area contributed by atoms with Crippen LogP contribution in [0.25, 0.3) is 5.69 Å². The van der Waals surface area contributed by atoms with E-state index >= 15 is 0 Å². The van der Waals surface area contributed by atoms with Gasteiger partial charge in [0.1, 0.15) is 11.6 Å². The number of ether oxygens (including phenoxy) is 1. The lowest BCUT2D eigenvalue weighted by Gasteiger charge is -2.09. The fourth-order valence-electron chi connectivity index (χ4n) is 2.70. The van der Waals surface area contributed by atoms with Crippen LogP contribution in [0.1, 0.15) is 27.3 Å². The zero-order valence-corrected chi connectivity index (χ0v) is 14.8. The first-order chi connectivity index (χ1) is 12.5. The van der Waals surface area contributed by atoms with Crippen LogP contribution in [0.2, 0.25) is 0 Å². The minimum Gasteiger partial charge on any atom is -0.496 e. The van der Waals surface area contributed by atoms with E-state index in [9.17, 15) is 9.18 Å². The molecule has 134 valence electrons. The second-order valence-corrected chi connectivity index (χ2v) is 5.81. The van der Waals surface area contributed by atoms with E-state index in [2.05, 4.69) is 15.6 Å². The predicted octanol–water partition coefficient (Wildman–Crippen LogP) is 2.96. The van der Waals surface area contributed by atoms with Gasteiger partial charge in [0.05, 0.1) is 18.5 Å². The molecule has 0 aliphatic carbocycles. The number of hydrogen-bond donors (Lipinski definition) is 1. The number of nitrogens with zero attached hydrogens (tertiary/aromatic N) is 3. The van der Waals surface area contributed by atoms with Crippen molar-refractivity contribution in [1.29, 1.82) is 0 Å². The number of methoxy groups -OCH3 is 1. The second-order valence-electron chi connectivity index (χ2n) is 5.81. The van der Waals surface area contributed by atoms with Gasteiger partial charge in [0, 0.05) is 17.7 Å². The zero-order chi connectivity index (χ0) is 18.7. The average molecular weight is 354 g/mol. The van der Waals surface area contributed by atoms with Crippen LogP contribution >= 0.6 is 0 Å². The number of carbonyl (C=O) groups is 1. The highest BCUT2D eigenvalue weighted by molar-refractivity contribution is 5.93. The van der Waals surface area contributed by atoms with Crippen molar-refractivity contribution in [3.63, 3.8) is 0 Å². The third-order valence-electron chi connectivity index (χ3n) is 4.21. The highest BCUT2D eigenvalue weighted by atomic mass is 19.1. The summed E-state index contributed by atoms with van der Waals surface area (Å²) in [4.78, 5) is 12.5. The molecule has 7 heteroatoms. The monoisotopic (exact) mass is 354 g/mol. The van der Waals surface area contributed by atoms with E-state index in [1.807, 2.05) is 24.3 Å². The van der Waals surface area contributed by atoms with Crippen LogP contribution in [0.3, 0.4) is 0 Å². The molecule has 0 radical (unpaired) electrons. The number of aromatic nitrogens is 3. The third kappa shape index (κ3) is 3.28. The van der Waals surface area contributed by atoms with Crippen molar-refractivity contribution in [3.05, 3.63) is 70.8 Å². The molecule has 0 spiro atoms. The Hall–Kier alpha value is -3.22. The number of carbonyl (C=O) groups excluding carboxylic acids is 1. The van der Waals surface area contributed by atoms with Gasteiger partial charge in [0.25, 0.3) is 5.91 Å². The van der Waals surface area contributed by atoms with Crippen LogP contribution in [0.4, 0.5) is 4.39 Å². The number of benzene rings is 2. The van der Waals surface area contributed by atoms with Crippen molar-refractivity contribution in [2.75, 3.05) is 7.11 Å². The molecule has 0 fully saturated rings. The molecule has 1 amide bonds. The maximum atomic E-state index is 13.8. The van der Waals surface area contributed by atoms with Crippen molar-refractivity contribution < 1.29 is 13.9 Å². The maximum Gasteiger partial charge on any atom is 0.274 e. The molecule has 0 bridgehead atoms. The van der Waals surface area contributed by atoms with Crippen molar-refractivity contribution in [3.8, 4) is 11.4 Å². The number of halogens is 1. The van der Waals surface area contributed by atoms with Gasteiger partial charge in [-0.05, 0) is 32.0 Å². The molecule has 3 aromatic rings. The van der Waals surface area contributed by atoms with Crippen LogP contribution < -0.4 is 10.1 Å². The molecule has 0 unspecified atom stereocenters. The summed E-state index contributed by atoms with van der Waals surface area (Å²) in [5, 5.41) is 10.8. The Bertz CT molecular complexity index is 952. The molecule has 26 heavy (non-hydrogen) atoms. The van der Waals surface area contributed by atoms with Crippen LogP contribution in [0, 0.1) is 19.7 Å². The van der Waals surface area contributed by atoms with Gasteiger partial charge >= 0.3 is 0 Å². The predicted molar refractivity (Wildman–Crippen MR) is 95.0 cm³/mol. The smallest absolute Gasteiger partial charge is 0.274 e. The molecule has 6 nitrogen and oxygen atoms in total. The Balaban J connectivity index is 1.81. The van der Waals surface area contributed by atoms with Crippen molar-refractivity contribution in [2.24, 2.45) is 0 Å². The maximum absolute atomic E-state index is 13.8. The van der Waals surface area contributed by atoms with Crippen molar-refractivity contribution in [1.82, 2.24) is 20.3 Å². The molecule has 0 atom stereocenters. The molecule has 3 rings (SSSR count). The summed E-state index contributed by atoms with van der Waals surface area (Å²) in [7, 11) is 1.58. The lowest BCUT2D eigenvalue weighted by Crippen LogP contribution is -2.24. The first-order valence-electron chi connectivity index (χ1n) is 8.10. The van der Waals surface area contributed by atoms with Gasteiger partial charge in [-0.15, -0.1) is 5.10 Å². The minimum atomic E-state index is -0.353. The fraction of sp³-hybridized carbons (Fsp3) is 0.211. The quantitative estimate of drug-likeness (QED) is 0.765. The third-order valence-corrected chi connectivity index (χ3v) is 4.21. The Morgan fingerprint density at radius 1 is 1.19 bits per heavy atom. The molecule has 0 aliphatic rings. The summed E-state index contributed by atoms with van der Waals surface area (Å²) in [5.41, 5.74) is 2.59. The first kappa shape index (κ1) is 17.6. The molecule has 0 saturated carbocycles. The van der Waals surface area contributed by atoms with Crippen molar-refractivity contribution in [2.45, 2.75) is 20.4 Å². The van der Waals surface area contributed by atoms with Gasteiger partial charge in [-0.25, -0.2) is 9.07 Å². The molecule has 0 saturated heterocycles. The SMILES string of the molecule is COc1ccccc1CNC(=O)c1nnn(-c2cccc(F)c2C)c1C. The van der Waals surface area contributed by atoms with Gasteiger partial charge in [-0.3, -0.25) is 4.79 Å². The normalized spacial score (nSPS) is 10.6. The van der Waals surface area contributed by atoms with E-state index in [0.717, 1.165) is 5.56 Å². The van der Waals surface area contributed by atoms with Crippen molar-refractivity contribution >= 4 is 5.91 Å². The van der Waals surface area contributed by atoms with Gasteiger partial charge in [-0.1, -0.05) is 29.5 Å². The van der Waals surface area contributed by atoms with Crippen LogP contribution in [-0.4, -0.2) is 28.0 Å². The highest BCUT2D eigenvalue weighted by Gasteiger charge is 2.19. The van der Waals surface area contributed by atoms with Crippen LogP contribution in [-0.2, 0) is 6.54 Å². The van der Waals surface area contributed by atoms with Gasteiger partial charge in [0.2, 0.25) is 0 Å². The summed E-state index contributed by atoms with van der Waals surface area (Å²) in [5.74, 6) is 0.0110. The zero-order valence-electron chi connectivity index (χ0n) is 14.8. The Kier molecular flexibility index (Phi) is 4.97. The molecular formula is C19H19FN4O2. The van der Waals surface area contributed by atoms with Crippen LogP contribution in [0.15, 0.2) is 42.5 Å². The van der Waals surface area contributed by atoms with Gasteiger partial charge in [-0.2, -0.15) is 0 Å². The largest absolute Gasteiger partial charge is 0.496 e. The van der Waals surface area contributed by atoms with E-state index in [4.69, 9.17) is 4.74 Å². The molecule has 1 heterocycles. The minimum absolute atomic E-state index is 0.198.